The van der Waals surface area contributed by atoms with Crippen molar-refractivity contribution in [2.24, 2.45) is 5.92 Å². The summed E-state index contributed by atoms with van der Waals surface area (Å²) in [6.07, 6.45) is -0.495. The second kappa shape index (κ2) is 7.91. The van der Waals surface area contributed by atoms with Crippen LogP contribution in [-0.2, 0) is 11.3 Å². The minimum atomic E-state index is -0.614. The van der Waals surface area contributed by atoms with E-state index >= 15 is 0 Å². The third kappa shape index (κ3) is 4.92. The van der Waals surface area contributed by atoms with Crippen LogP contribution in [-0.4, -0.2) is 17.1 Å². The normalized spacial score (nSPS) is 12.0. The van der Waals surface area contributed by atoms with Crippen LogP contribution < -0.4 is 5.32 Å². The quantitative estimate of drug-likeness (QED) is 0.854. The minimum Gasteiger partial charge on any atom is -0.392 e. The van der Waals surface area contributed by atoms with Crippen molar-refractivity contribution in [3.8, 4) is 16.5 Å². The molecule has 0 radical (unpaired) electrons. The van der Waals surface area contributed by atoms with E-state index in [0.29, 0.717) is 11.4 Å². The van der Waals surface area contributed by atoms with Crippen LogP contribution in [0, 0.1) is 17.2 Å². The van der Waals surface area contributed by atoms with Crippen molar-refractivity contribution in [2.75, 3.05) is 0 Å². The van der Waals surface area contributed by atoms with Crippen molar-refractivity contribution in [2.45, 2.75) is 32.9 Å². The van der Waals surface area contributed by atoms with Crippen molar-refractivity contribution in [3.05, 3.63) is 46.8 Å². The zero-order valence-corrected chi connectivity index (χ0v) is 14.1. The summed E-state index contributed by atoms with van der Waals surface area (Å²) in [6, 6.07) is 13.7. The molecule has 0 bridgehead atoms. The molecule has 5 heteroatoms. The van der Waals surface area contributed by atoms with Crippen molar-refractivity contribution in [1.29, 1.82) is 5.26 Å². The number of aliphatic hydroxyl groups excluding tert-OH is 1. The zero-order chi connectivity index (χ0) is 16.8. The molecule has 1 aromatic carbocycles. The molecule has 0 aliphatic rings. The van der Waals surface area contributed by atoms with Crippen LogP contribution in [0.15, 0.2) is 36.4 Å². The molecule has 0 aliphatic heterocycles. The molecule has 4 nitrogen and oxygen atoms in total. The first-order valence-electron chi connectivity index (χ1n) is 7.53. The third-order valence-corrected chi connectivity index (χ3v) is 4.62. The summed E-state index contributed by atoms with van der Waals surface area (Å²) >= 11 is 1.45. The van der Waals surface area contributed by atoms with Crippen molar-refractivity contribution in [1.82, 2.24) is 5.32 Å². The molecule has 0 saturated carbocycles. The van der Waals surface area contributed by atoms with E-state index < -0.39 is 6.10 Å². The summed E-state index contributed by atoms with van der Waals surface area (Å²) in [4.78, 5) is 13.5. The molecular weight excluding hydrogens is 308 g/mol. The van der Waals surface area contributed by atoms with Gasteiger partial charge in [-0.25, -0.2) is 0 Å². The summed E-state index contributed by atoms with van der Waals surface area (Å²) in [5, 5.41) is 21.5. The molecule has 2 N–H and O–H groups in total. The van der Waals surface area contributed by atoms with E-state index in [-0.39, 0.29) is 18.2 Å². The van der Waals surface area contributed by atoms with Gasteiger partial charge in [-0.3, -0.25) is 4.79 Å². The van der Waals surface area contributed by atoms with E-state index in [2.05, 4.69) is 11.4 Å². The average molecular weight is 328 g/mol. The highest BCUT2D eigenvalue weighted by Crippen LogP contribution is 2.28. The molecule has 0 saturated heterocycles. The summed E-state index contributed by atoms with van der Waals surface area (Å²) in [5.74, 6) is -0.0864. The summed E-state index contributed by atoms with van der Waals surface area (Å²) in [5.41, 5.74) is 2.02. The van der Waals surface area contributed by atoms with E-state index in [0.717, 1.165) is 16.0 Å². The topological polar surface area (TPSA) is 73.1 Å². The summed E-state index contributed by atoms with van der Waals surface area (Å²) in [6.45, 7) is 4.20. The number of aliphatic hydroxyl groups is 1. The van der Waals surface area contributed by atoms with Gasteiger partial charge in [0.05, 0.1) is 12.5 Å². The lowest BCUT2D eigenvalue weighted by Gasteiger charge is -2.14. The predicted molar refractivity (Wildman–Crippen MR) is 91.8 cm³/mol. The number of rotatable bonds is 6. The number of hydrogen-bond acceptors (Lipinski definition) is 4. The molecule has 1 aromatic heterocycles. The van der Waals surface area contributed by atoms with Crippen molar-refractivity contribution < 1.29 is 9.90 Å². The number of nitrogens with zero attached hydrogens (tertiary/aromatic N) is 1. The Morgan fingerprint density at radius 1 is 1.35 bits per heavy atom. The van der Waals surface area contributed by atoms with Gasteiger partial charge in [-0.15, -0.1) is 11.3 Å². The molecule has 0 spiro atoms. The molecule has 1 amide bonds. The fourth-order valence-corrected chi connectivity index (χ4v) is 2.89. The summed E-state index contributed by atoms with van der Waals surface area (Å²) < 4.78 is 0. The summed E-state index contributed by atoms with van der Waals surface area (Å²) in [7, 11) is 0. The Bertz CT molecular complexity index is 716. The van der Waals surface area contributed by atoms with Crippen LogP contribution in [0.25, 0.3) is 10.4 Å². The number of benzene rings is 1. The highest BCUT2D eigenvalue weighted by Gasteiger charge is 2.14. The fraction of sp³-hybridized carbons (Fsp3) is 0.333. The zero-order valence-electron chi connectivity index (χ0n) is 13.2. The predicted octanol–water partition coefficient (Wildman–Crippen LogP) is 3.31. The van der Waals surface area contributed by atoms with Gasteiger partial charge >= 0.3 is 0 Å². The minimum absolute atomic E-state index is 0.0669. The monoisotopic (exact) mass is 328 g/mol. The van der Waals surface area contributed by atoms with Crippen LogP contribution >= 0.6 is 11.3 Å². The lowest BCUT2D eigenvalue weighted by molar-refractivity contribution is -0.123. The van der Waals surface area contributed by atoms with Crippen LogP contribution in [0.3, 0.4) is 0 Å². The molecule has 0 fully saturated rings. The molecule has 1 heterocycles. The van der Waals surface area contributed by atoms with Gasteiger partial charge in [0.1, 0.15) is 10.9 Å². The number of carbonyl (C=O) groups is 1. The second-order valence-corrected chi connectivity index (χ2v) is 6.85. The lowest BCUT2D eigenvalue weighted by atomic mass is 10.0. The number of nitrogens with one attached hydrogen (secondary N) is 1. The Morgan fingerprint density at radius 2 is 2.13 bits per heavy atom. The molecule has 0 aliphatic carbocycles. The van der Waals surface area contributed by atoms with Gasteiger partial charge in [-0.2, -0.15) is 5.26 Å². The Kier molecular flexibility index (Phi) is 5.91. The van der Waals surface area contributed by atoms with Gasteiger partial charge in [-0.1, -0.05) is 32.0 Å². The number of nitriles is 1. The maximum atomic E-state index is 11.8. The van der Waals surface area contributed by atoms with Gasteiger partial charge < -0.3 is 10.4 Å². The Morgan fingerprint density at radius 3 is 2.78 bits per heavy atom. The first-order chi connectivity index (χ1) is 11.0. The Labute approximate surface area is 140 Å². The molecule has 2 rings (SSSR count). The molecular formula is C18H20N2O2S. The molecule has 2 aromatic rings. The Hall–Kier alpha value is -2.16. The largest absolute Gasteiger partial charge is 0.392 e. The van der Waals surface area contributed by atoms with E-state index in [1.54, 1.807) is 0 Å². The number of hydrogen-bond donors (Lipinski definition) is 2. The smallest absolute Gasteiger partial charge is 0.222 e. The van der Waals surface area contributed by atoms with Gasteiger partial charge in [0.2, 0.25) is 5.91 Å². The van der Waals surface area contributed by atoms with Crippen LogP contribution in [0.2, 0.25) is 0 Å². The SMILES string of the molecule is CC(C)C(O)CC(=O)NCc1cccc(-c2ccc(C#N)s2)c1. The van der Waals surface area contributed by atoms with Crippen molar-refractivity contribution >= 4 is 17.2 Å². The van der Waals surface area contributed by atoms with Crippen LogP contribution in [0.4, 0.5) is 0 Å². The average Bonchev–Trinajstić information content (AvgIpc) is 3.02. The molecule has 1 atom stereocenters. The van der Waals surface area contributed by atoms with Gasteiger partial charge in [0.15, 0.2) is 0 Å². The maximum absolute atomic E-state index is 11.8. The van der Waals surface area contributed by atoms with E-state index in [4.69, 9.17) is 5.26 Å². The van der Waals surface area contributed by atoms with E-state index in [9.17, 15) is 9.90 Å². The lowest BCUT2D eigenvalue weighted by Crippen LogP contribution is -2.29. The van der Waals surface area contributed by atoms with Crippen molar-refractivity contribution in [3.63, 3.8) is 0 Å². The Balaban J connectivity index is 1.98. The highest BCUT2D eigenvalue weighted by molar-refractivity contribution is 7.16. The van der Waals surface area contributed by atoms with Crippen LogP contribution in [0.5, 0.6) is 0 Å². The maximum Gasteiger partial charge on any atom is 0.222 e. The van der Waals surface area contributed by atoms with Gasteiger partial charge in [0, 0.05) is 11.4 Å². The fourth-order valence-electron chi connectivity index (χ4n) is 2.09. The van der Waals surface area contributed by atoms with E-state index in [1.165, 1.54) is 11.3 Å². The standard InChI is InChI=1S/C18H20N2O2S/c1-12(2)16(21)9-18(22)20-11-13-4-3-5-14(8-13)17-7-6-15(10-19)23-17/h3-8,12,16,21H,9,11H2,1-2H3,(H,20,22). The molecule has 23 heavy (non-hydrogen) atoms. The van der Waals surface area contributed by atoms with Gasteiger partial charge in [-0.05, 0) is 35.2 Å². The first kappa shape index (κ1) is 17.2. The van der Waals surface area contributed by atoms with Crippen LogP contribution in [0.1, 0.15) is 30.7 Å². The third-order valence-electron chi connectivity index (χ3n) is 3.58. The molecule has 1 unspecified atom stereocenters. The molecule has 120 valence electrons. The van der Waals surface area contributed by atoms with Gasteiger partial charge in [0.25, 0.3) is 0 Å². The number of carbonyl (C=O) groups excluding carboxylic acids is 1. The highest BCUT2D eigenvalue weighted by atomic mass is 32.1. The number of thiophene rings is 1. The second-order valence-electron chi connectivity index (χ2n) is 5.77. The number of amides is 1. The van der Waals surface area contributed by atoms with E-state index in [1.807, 2.05) is 50.2 Å². The first-order valence-corrected chi connectivity index (χ1v) is 8.35.